The Morgan fingerprint density at radius 2 is 1.93 bits per heavy atom. The van der Waals surface area contributed by atoms with Crippen LogP contribution in [0.1, 0.15) is 15.9 Å². The van der Waals surface area contributed by atoms with Crippen LogP contribution in [0.2, 0.25) is 0 Å². The molecule has 0 radical (unpaired) electrons. The molecule has 144 valence electrons. The van der Waals surface area contributed by atoms with Crippen LogP contribution in [-0.4, -0.2) is 22.0 Å². The second kappa shape index (κ2) is 6.86. The van der Waals surface area contributed by atoms with Crippen molar-refractivity contribution in [1.82, 2.24) is 9.78 Å². The predicted molar refractivity (Wildman–Crippen MR) is 96.0 cm³/mol. The zero-order valence-corrected chi connectivity index (χ0v) is 15.5. The number of amides is 1. The molecule has 1 aliphatic heterocycles. The molecule has 4 rings (SSSR count). The zero-order chi connectivity index (χ0) is 19.9. The first kappa shape index (κ1) is 18.4. The van der Waals surface area contributed by atoms with Crippen LogP contribution in [0.5, 0.6) is 11.5 Å². The highest BCUT2D eigenvalue weighted by molar-refractivity contribution is 9.10. The lowest BCUT2D eigenvalue weighted by atomic mass is 10.2. The Labute approximate surface area is 165 Å². The Balaban J connectivity index is 1.50. The van der Waals surface area contributed by atoms with Crippen LogP contribution >= 0.6 is 15.9 Å². The molecule has 2 aromatic carbocycles. The van der Waals surface area contributed by atoms with Gasteiger partial charge in [-0.05, 0) is 40.2 Å². The van der Waals surface area contributed by atoms with Crippen molar-refractivity contribution in [3.63, 3.8) is 0 Å². The maximum absolute atomic E-state index is 13.8. The molecular formula is C18H11BrF3N3O3. The Bertz CT molecular complexity index is 1070. The molecule has 1 aliphatic rings. The van der Waals surface area contributed by atoms with Gasteiger partial charge in [0.2, 0.25) is 0 Å². The van der Waals surface area contributed by atoms with Crippen LogP contribution in [0.3, 0.4) is 0 Å². The lowest BCUT2D eigenvalue weighted by molar-refractivity contribution is -0.286. The average Bonchev–Trinajstić information content (AvgIpc) is 3.13. The van der Waals surface area contributed by atoms with E-state index in [2.05, 4.69) is 35.8 Å². The van der Waals surface area contributed by atoms with Gasteiger partial charge in [0.05, 0.1) is 11.0 Å². The SMILES string of the molecule is O=C(Nc1nn(Cc2ccccc2F)cc1Br)c1ccc2c(c1)OC(F)(F)O2. The molecule has 28 heavy (non-hydrogen) atoms. The van der Waals surface area contributed by atoms with Crippen LogP contribution in [-0.2, 0) is 6.54 Å². The van der Waals surface area contributed by atoms with Crippen molar-refractivity contribution in [2.45, 2.75) is 12.8 Å². The fraction of sp³-hybridized carbons (Fsp3) is 0.111. The van der Waals surface area contributed by atoms with E-state index in [0.29, 0.717) is 10.0 Å². The molecule has 3 aromatic rings. The van der Waals surface area contributed by atoms with Gasteiger partial charge in [0.1, 0.15) is 5.82 Å². The number of halogens is 4. The second-order valence-corrected chi connectivity index (χ2v) is 6.75. The molecule has 0 fully saturated rings. The molecule has 1 amide bonds. The van der Waals surface area contributed by atoms with Gasteiger partial charge in [-0.3, -0.25) is 9.48 Å². The Morgan fingerprint density at radius 1 is 1.18 bits per heavy atom. The van der Waals surface area contributed by atoms with E-state index in [9.17, 15) is 18.0 Å². The number of carbonyl (C=O) groups excluding carboxylic acids is 1. The van der Waals surface area contributed by atoms with Crippen LogP contribution in [0.4, 0.5) is 19.0 Å². The minimum atomic E-state index is -3.76. The van der Waals surface area contributed by atoms with Crippen molar-refractivity contribution in [2.75, 3.05) is 5.32 Å². The first-order valence-corrected chi connectivity index (χ1v) is 8.78. The molecule has 10 heteroatoms. The highest BCUT2D eigenvalue weighted by Crippen LogP contribution is 2.41. The summed E-state index contributed by atoms with van der Waals surface area (Å²) in [5, 5.41) is 6.77. The summed E-state index contributed by atoms with van der Waals surface area (Å²) in [5.74, 6) is -1.14. The van der Waals surface area contributed by atoms with Crippen LogP contribution in [0.15, 0.2) is 53.1 Å². The Morgan fingerprint density at radius 3 is 2.71 bits per heavy atom. The normalized spacial score (nSPS) is 14.1. The quantitative estimate of drug-likeness (QED) is 0.635. The van der Waals surface area contributed by atoms with Crippen molar-refractivity contribution in [3.05, 3.63) is 70.1 Å². The number of carbonyl (C=O) groups is 1. The number of rotatable bonds is 4. The fourth-order valence-electron chi connectivity index (χ4n) is 2.63. The summed E-state index contributed by atoms with van der Waals surface area (Å²) in [4.78, 5) is 12.4. The van der Waals surface area contributed by atoms with Gasteiger partial charge in [0.25, 0.3) is 5.91 Å². The summed E-state index contributed by atoms with van der Waals surface area (Å²) < 4.78 is 50.5. The minimum Gasteiger partial charge on any atom is -0.395 e. The maximum Gasteiger partial charge on any atom is 0.586 e. The van der Waals surface area contributed by atoms with Gasteiger partial charge < -0.3 is 14.8 Å². The Hall–Kier alpha value is -3.01. The monoisotopic (exact) mass is 453 g/mol. The van der Waals surface area contributed by atoms with E-state index in [1.54, 1.807) is 24.4 Å². The molecule has 2 heterocycles. The number of hydrogen-bond donors (Lipinski definition) is 1. The van der Waals surface area contributed by atoms with Gasteiger partial charge in [0.15, 0.2) is 17.3 Å². The molecule has 0 spiro atoms. The summed E-state index contributed by atoms with van der Waals surface area (Å²) in [6, 6.07) is 9.97. The summed E-state index contributed by atoms with van der Waals surface area (Å²) in [6.45, 7) is 0.167. The number of alkyl halides is 2. The lowest BCUT2D eigenvalue weighted by Crippen LogP contribution is -2.25. The maximum atomic E-state index is 13.8. The van der Waals surface area contributed by atoms with E-state index in [0.717, 1.165) is 6.07 Å². The number of aromatic nitrogens is 2. The van der Waals surface area contributed by atoms with Crippen molar-refractivity contribution in [2.24, 2.45) is 0 Å². The van der Waals surface area contributed by atoms with Crippen LogP contribution < -0.4 is 14.8 Å². The summed E-state index contributed by atoms with van der Waals surface area (Å²) in [6.07, 6.45) is -2.17. The zero-order valence-electron chi connectivity index (χ0n) is 14.0. The molecule has 0 atom stereocenters. The van der Waals surface area contributed by atoms with Gasteiger partial charge in [-0.25, -0.2) is 4.39 Å². The number of benzene rings is 2. The highest BCUT2D eigenvalue weighted by atomic mass is 79.9. The Kier molecular flexibility index (Phi) is 4.50. The van der Waals surface area contributed by atoms with Gasteiger partial charge in [-0.15, -0.1) is 8.78 Å². The molecule has 0 saturated heterocycles. The summed E-state index contributed by atoms with van der Waals surface area (Å²) in [7, 11) is 0. The molecule has 0 saturated carbocycles. The van der Waals surface area contributed by atoms with Gasteiger partial charge >= 0.3 is 6.29 Å². The number of ether oxygens (including phenoxy) is 2. The number of hydrogen-bond acceptors (Lipinski definition) is 4. The standard InChI is InChI=1S/C18H11BrF3N3O3/c19-12-9-25(8-11-3-1-2-4-13(11)20)24-16(12)23-17(26)10-5-6-14-15(7-10)28-18(21,22)27-14/h1-7,9H,8H2,(H,23,24,26). The number of nitrogens with one attached hydrogen (secondary N) is 1. The molecule has 1 N–H and O–H groups in total. The van der Waals surface area contributed by atoms with E-state index in [4.69, 9.17) is 0 Å². The third-order valence-electron chi connectivity index (χ3n) is 3.90. The largest absolute Gasteiger partial charge is 0.586 e. The fourth-order valence-corrected chi connectivity index (χ4v) is 3.05. The van der Waals surface area contributed by atoms with Crippen LogP contribution in [0.25, 0.3) is 0 Å². The minimum absolute atomic E-state index is 0.0793. The number of nitrogens with zero attached hydrogens (tertiary/aromatic N) is 2. The molecule has 0 unspecified atom stereocenters. The topological polar surface area (TPSA) is 65.4 Å². The van der Waals surface area contributed by atoms with Crippen molar-refractivity contribution >= 4 is 27.7 Å². The molecule has 1 aromatic heterocycles. The third-order valence-corrected chi connectivity index (χ3v) is 4.48. The van der Waals surface area contributed by atoms with E-state index in [-0.39, 0.29) is 35.2 Å². The van der Waals surface area contributed by atoms with Crippen molar-refractivity contribution in [3.8, 4) is 11.5 Å². The van der Waals surface area contributed by atoms with Crippen molar-refractivity contribution in [1.29, 1.82) is 0 Å². The number of fused-ring (bicyclic) bond motifs is 1. The first-order valence-electron chi connectivity index (χ1n) is 7.98. The molecular weight excluding hydrogens is 443 g/mol. The molecule has 0 bridgehead atoms. The van der Waals surface area contributed by atoms with E-state index in [1.807, 2.05) is 0 Å². The van der Waals surface area contributed by atoms with Crippen LogP contribution in [0, 0.1) is 5.82 Å². The molecule has 6 nitrogen and oxygen atoms in total. The van der Waals surface area contributed by atoms with Gasteiger partial charge in [-0.1, -0.05) is 18.2 Å². The van der Waals surface area contributed by atoms with E-state index >= 15 is 0 Å². The van der Waals surface area contributed by atoms with Crippen molar-refractivity contribution < 1.29 is 27.4 Å². The van der Waals surface area contributed by atoms with Gasteiger partial charge in [0, 0.05) is 17.3 Å². The smallest absolute Gasteiger partial charge is 0.395 e. The first-order chi connectivity index (χ1) is 13.3. The molecule has 0 aliphatic carbocycles. The second-order valence-electron chi connectivity index (χ2n) is 5.90. The van der Waals surface area contributed by atoms with Gasteiger partial charge in [-0.2, -0.15) is 5.10 Å². The highest BCUT2D eigenvalue weighted by Gasteiger charge is 2.43. The van der Waals surface area contributed by atoms with E-state index in [1.165, 1.54) is 22.9 Å². The van der Waals surface area contributed by atoms with E-state index < -0.39 is 12.2 Å². The predicted octanol–water partition coefficient (Wildman–Crippen LogP) is 4.41. The summed E-state index contributed by atoms with van der Waals surface area (Å²) in [5.41, 5.74) is 0.516. The lowest BCUT2D eigenvalue weighted by Gasteiger charge is -2.05. The average molecular weight is 454 g/mol. The summed E-state index contributed by atoms with van der Waals surface area (Å²) >= 11 is 3.28. The number of anilines is 1. The third kappa shape index (κ3) is 3.68.